The highest BCUT2D eigenvalue weighted by molar-refractivity contribution is 5.60. The molecule has 0 atom stereocenters. The fraction of sp³-hybridized carbons (Fsp3) is 0.333. The first-order valence-electron chi connectivity index (χ1n) is 6.59. The van der Waals surface area contributed by atoms with Gasteiger partial charge in [-0.25, -0.2) is 14.4 Å². The second-order valence-corrected chi connectivity index (χ2v) is 5.01. The number of aromatic nitrogens is 2. The Balaban J connectivity index is 2.37. The molecule has 0 radical (unpaired) electrons. The van der Waals surface area contributed by atoms with Crippen LogP contribution in [0.3, 0.4) is 0 Å². The summed E-state index contributed by atoms with van der Waals surface area (Å²) in [5.41, 5.74) is 1.40. The molecule has 1 heterocycles. The maximum atomic E-state index is 13.8. The standard InChI is InChI=1S/C15H19FN4/c1-9(2)15-19-13(17-4)8-14(20-15)18-12-7-10(3)5-6-11(12)16/h5-9H,1-4H3,(H2,17,18,19,20). The molecule has 0 fully saturated rings. The lowest BCUT2D eigenvalue weighted by Gasteiger charge is -2.12. The number of aryl methyl sites for hydroxylation is 1. The Bertz CT molecular complexity index is 611. The average molecular weight is 274 g/mol. The molecule has 20 heavy (non-hydrogen) atoms. The zero-order valence-corrected chi connectivity index (χ0v) is 12.2. The molecule has 0 aliphatic carbocycles. The molecule has 2 aromatic rings. The molecule has 0 unspecified atom stereocenters. The van der Waals surface area contributed by atoms with Gasteiger partial charge in [-0.3, -0.25) is 0 Å². The number of hydrogen-bond donors (Lipinski definition) is 2. The normalized spacial score (nSPS) is 10.7. The van der Waals surface area contributed by atoms with Crippen molar-refractivity contribution in [2.45, 2.75) is 26.7 Å². The van der Waals surface area contributed by atoms with Gasteiger partial charge in [0.2, 0.25) is 0 Å². The topological polar surface area (TPSA) is 49.8 Å². The van der Waals surface area contributed by atoms with Gasteiger partial charge in [-0.15, -0.1) is 0 Å². The van der Waals surface area contributed by atoms with Gasteiger partial charge in [-0.2, -0.15) is 0 Å². The van der Waals surface area contributed by atoms with Crippen LogP contribution in [0.4, 0.5) is 21.7 Å². The van der Waals surface area contributed by atoms with Gasteiger partial charge in [0.1, 0.15) is 23.3 Å². The molecule has 4 nitrogen and oxygen atoms in total. The number of nitrogens with zero attached hydrogens (tertiary/aromatic N) is 2. The highest BCUT2D eigenvalue weighted by Crippen LogP contribution is 2.23. The third-order valence-electron chi connectivity index (χ3n) is 2.90. The minimum Gasteiger partial charge on any atom is -0.373 e. The van der Waals surface area contributed by atoms with E-state index in [9.17, 15) is 4.39 Å². The second kappa shape index (κ2) is 5.86. The Morgan fingerprint density at radius 2 is 1.80 bits per heavy atom. The van der Waals surface area contributed by atoms with E-state index in [1.165, 1.54) is 6.07 Å². The average Bonchev–Trinajstić information content (AvgIpc) is 2.42. The van der Waals surface area contributed by atoms with Gasteiger partial charge >= 0.3 is 0 Å². The third kappa shape index (κ3) is 3.23. The predicted octanol–water partition coefficient (Wildman–Crippen LogP) is 3.83. The van der Waals surface area contributed by atoms with Gasteiger partial charge in [-0.1, -0.05) is 19.9 Å². The van der Waals surface area contributed by atoms with Crippen LogP contribution in [0.5, 0.6) is 0 Å². The first-order valence-corrected chi connectivity index (χ1v) is 6.59. The van der Waals surface area contributed by atoms with Crippen LogP contribution in [-0.4, -0.2) is 17.0 Å². The van der Waals surface area contributed by atoms with Crippen molar-refractivity contribution in [3.8, 4) is 0 Å². The minimum atomic E-state index is -0.300. The molecule has 0 spiro atoms. The first kappa shape index (κ1) is 14.2. The maximum Gasteiger partial charge on any atom is 0.146 e. The van der Waals surface area contributed by atoms with Crippen LogP contribution in [0.1, 0.15) is 31.2 Å². The Kier molecular flexibility index (Phi) is 4.17. The van der Waals surface area contributed by atoms with Gasteiger partial charge in [0.25, 0.3) is 0 Å². The molecule has 2 rings (SSSR count). The van der Waals surface area contributed by atoms with Crippen LogP contribution >= 0.6 is 0 Å². The van der Waals surface area contributed by atoms with Crippen molar-refractivity contribution in [1.29, 1.82) is 0 Å². The molecule has 0 saturated heterocycles. The number of benzene rings is 1. The van der Waals surface area contributed by atoms with E-state index in [0.717, 1.165) is 5.56 Å². The Morgan fingerprint density at radius 3 is 2.45 bits per heavy atom. The summed E-state index contributed by atoms with van der Waals surface area (Å²) in [6.07, 6.45) is 0. The molecule has 2 N–H and O–H groups in total. The van der Waals surface area contributed by atoms with Crippen LogP contribution in [-0.2, 0) is 0 Å². The number of halogens is 1. The zero-order valence-electron chi connectivity index (χ0n) is 12.2. The molecular weight excluding hydrogens is 255 g/mol. The summed E-state index contributed by atoms with van der Waals surface area (Å²) < 4.78 is 13.8. The van der Waals surface area contributed by atoms with Crippen molar-refractivity contribution < 1.29 is 4.39 Å². The number of rotatable bonds is 4. The second-order valence-electron chi connectivity index (χ2n) is 5.01. The van der Waals surface area contributed by atoms with Crippen LogP contribution < -0.4 is 10.6 Å². The third-order valence-corrected chi connectivity index (χ3v) is 2.90. The van der Waals surface area contributed by atoms with Gasteiger partial charge in [-0.05, 0) is 24.6 Å². The summed E-state index contributed by atoms with van der Waals surface area (Å²) in [5.74, 6) is 1.90. The molecule has 0 aliphatic heterocycles. The Labute approximate surface area is 118 Å². The smallest absolute Gasteiger partial charge is 0.146 e. The lowest BCUT2D eigenvalue weighted by atomic mass is 10.2. The summed E-state index contributed by atoms with van der Waals surface area (Å²) in [7, 11) is 1.80. The van der Waals surface area contributed by atoms with E-state index in [0.29, 0.717) is 23.1 Å². The summed E-state index contributed by atoms with van der Waals surface area (Å²) >= 11 is 0. The number of anilines is 3. The molecular formula is C15H19FN4. The van der Waals surface area contributed by atoms with Crippen molar-refractivity contribution in [3.05, 3.63) is 41.5 Å². The van der Waals surface area contributed by atoms with Crippen molar-refractivity contribution in [3.63, 3.8) is 0 Å². The van der Waals surface area contributed by atoms with Crippen molar-refractivity contribution in [2.75, 3.05) is 17.7 Å². The first-order chi connectivity index (χ1) is 9.49. The monoisotopic (exact) mass is 274 g/mol. The molecule has 1 aromatic carbocycles. The summed E-state index contributed by atoms with van der Waals surface area (Å²) in [6, 6.07) is 6.69. The molecule has 1 aromatic heterocycles. The van der Waals surface area contributed by atoms with Crippen molar-refractivity contribution >= 4 is 17.3 Å². The van der Waals surface area contributed by atoms with Gasteiger partial charge in [0, 0.05) is 19.0 Å². The van der Waals surface area contributed by atoms with Crippen LogP contribution in [0.25, 0.3) is 0 Å². The Hall–Kier alpha value is -2.17. The quantitative estimate of drug-likeness (QED) is 0.889. The van der Waals surface area contributed by atoms with E-state index in [1.807, 2.05) is 20.8 Å². The van der Waals surface area contributed by atoms with E-state index in [-0.39, 0.29) is 11.7 Å². The fourth-order valence-electron chi connectivity index (χ4n) is 1.79. The molecule has 5 heteroatoms. The summed E-state index contributed by atoms with van der Waals surface area (Å²) in [6.45, 7) is 5.96. The van der Waals surface area contributed by atoms with Gasteiger partial charge in [0.05, 0.1) is 5.69 Å². The van der Waals surface area contributed by atoms with E-state index in [1.54, 1.807) is 25.2 Å². The highest BCUT2D eigenvalue weighted by Gasteiger charge is 2.09. The molecule has 106 valence electrons. The van der Waals surface area contributed by atoms with Gasteiger partial charge < -0.3 is 10.6 Å². The predicted molar refractivity (Wildman–Crippen MR) is 80.1 cm³/mol. The van der Waals surface area contributed by atoms with Crippen molar-refractivity contribution in [1.82, 2.24) is 9.97 Å². The van der Waals surface area contributed by atoms with Crippen LogP contribution in [0.15, 0.2) is 24.3 Å². The molecule has 0 bridgehead atoms. The van der Waals surface area contributed by atoms with Crippen molar-refractivity contribution in [2.24, 2.45) is 0 Å². The largest absolute Gasteiger partial charge is 0.373 e. The lowest BCUT2D eigenvalue weighted by molar-refractivity contribution is 0.631. The van der Waals surface area contributed by atoms with Crippen LogP contribution in [0.2, 0.25) is 0 Å². The summed E-state index contributed by atoms with van der Waals surface area (Å²) in [5, 5.41) is 6.01. The zero-order chi connectivity index (χ0) is 14.7. The minimum absolute atomic E-state index is 0.200. The highest BCUT2D eigenvalue weighted by atomic mass is 19.1. The Morgan fingerprint density at radius 1 is 1.10 bits per heavy atom. The molecule has 0 aliphatic rings. The van der Waals surface area contributed by atoms with Crippen LogP contribution in [0, 0.1) is 12.7 Å². The SMILES string of the molecule is CNc1cc(Nc2cc(C)ccc2F)nc(C(C)C)n1. The van der Waals surface area contributed by atoms with E-state index in [4.69, 9.17) is 0 Å². The fourth-order valence-corrected chi connectivity index (χ4v) is 1.79. The van der Waals surface area contributed by atoms with E-state index >= 15 is 0 Å². The number of hydrogen-bond acceptors (Lipinski definition) is 4. The maximum absolute atomic E-state index is 13.8. The molecule has 0 amide bonds. The molecule has 0 saturated carbocycles. The lowest BCUT2D eigenvalue weighted by Crippen LogP contribution is -2.05. The summed E-state index contributed by atoms with van der Waals surface area (Å²) in [4.78, 5) is 8.80. The number of nitrogens with one attached hydrogen (secondary N) is 2. The van der Waals surface area contributed by atoms with Gasteiger partial charge in [0.15, 0.2) is 0 Å². The van der Waals surface area contributed by atoms with E-state index in [2.05, 4.69) is 20.6 Å². The van der Waals surface area contributed by atoms with E-state index < -0.39 is 0 Å².